The molecular weight excluding hydrogens is 594 g/mol. The van der Waals surface area contributed by atoms with Gasteiger partial charge in [-0.25, -0.2) is 9.59 Å². The lowest BCUT2D eigenvalue weighted by molar-refractivity contribution is -0.208. The number of hydrogen-bond acceptors (Lipinski definition) is 8. The van der Waals surface area contributed by atoms with Gasteiger partial charge in [-0.15, -0.1) is 0 Å². The molecule has 45 heavy (non-hydrogen) atoms. The molecule has 0 aromatic heterocycles. The maximum Gasteiger partial charge on any atom is 0.453 e. The van der Waals surface area contributed by atoms with Crippen LogP contribution >= 0.6 is 11.6 Å². The zero-order valence-electron chi connectivity index (χ0n) is 25.3. The number of aliphatic hydroxyl groups excluding tert-OH is 1. The van der Waals surface area contributed by atoms with E-state index in [-0.39, 0.29) is 17.5 Å². The van der Waals surface area contributed by atoms with Crippen molar-refractivity contribution >= 4 is 23.5 Å². The van der Waals surface area contributed by atoms with Crippen molar-refractivity contribution in [3.63, 3.8) is 0 Å². The summed E-state index contributed by atoms with van der Waals surface area (Å²) in [7, 11) is 0. The summed E-state index contributed by atoms with van der Waals surface area (Å²) in [6.45, 7) is 5.73. The quantitative estimate of drug-likeness (QED) is 0.132. The molecule has 0 spiro atoms. The Kier molecular flexibility index (Phi) is 10.1. The lowest BCUT2D eigenvalue weighted by atomic mass is 10.1. The van der Waals surface area contributed by atoms with Crippen LogP contribution in [0.2, 0.25) is 5.02 Å². The Balaban J connectivity index is 1.31. The first-order valence-electron chi connectivity index (χ1n) is 14.8. The molecule has 1 heterocycles. The van der Waals surface area contributed by atoms with Gasteiger partial charge < -0.3 is 29.4 Å². The van der Waals surface area contributed by atoms with E-state index in [0.717, 1.165) is 22.3 Å². The van der Waals surface area contributed by atoms with Crippen LogP contribution in [0.3, 0.4) is 0 Å². The molecule has 0 bridgehead atoms. The molecule has 234 valence electrons. The number of carbonyl (C=O) groups is 2. The van der Waals surface area contributed by atoms with Gasteiger partial charge in [0.25, 0.3) is 0 Å². The second-order valence-corrected chi connectivity index (χ2v) is 11.5. The second-order valence-electron chi connectivity index (χ2n) is 11.1. The molecule has 1 aliphatic rings. The Hall–Kier alpha value is -4.37. The highest BCUT2D eigenvalue weighted by molar-refractivity contribution is 6.30. The van der Waals surface area contributed by atoms with Gasteiger partial charge in [-0.2, -0.15) is 0 Å². The summed E-state index contributed by atoms with van der Waals surface area (Å²) in [6, 6.07) is 30.6. The fraction of sp³-hybridized carbons (Fsp3) is 0.278. The molecule has 0 amide bonds. The van der Waals surface area contributed by atoms with Crippen LogP contribution in [0.15, 0.2) is 103 Å². The number of aliphatic hydroxyl groups is 1. The number of rotatable bonds is 12. The molecule has 0 aliphatic carbocycles. The van der Waals surface area contributed by atoms with Gasteiger partial charge in [-0.05, 0) is 73.7 Å². The summed E-state index contributed by atoms with van der Waals surface area (Å²) < 4.78 is 23.4. The molecule has 0 radical (unpaired) electrons. The van der Waals surface area contributed by atoms with E-state index in [9.17, 15) is 14.7 Å². The molecule has 2 unspecified atom stereocenters. The minimum Gasteiger partial charge on any atom is -0.452 e. The second kappa shape index (κ2) is 14.2. The summed E-state index contributed by atoms with van der Waals surface area (Å²) >= 11 is 6.06. The van der Waals surface area contributed by atoms with Crippen LogP contribution in [-0.2, 0) is 25.5 Å². The molecule has 0 saturated heterocycles. The van der Waals surface area contributed by atoms with Gasteiger partial charge in [-0.3, -0.25) is 0 Å². The van der Waals surface area contributed by atoms with E-state index in [2.05, 4.69) is 5.32 Å². The van der Waals surface area contributed by atoms with Gasteiger partial charge in [0.05, 0.1) is 6.10 Å². The van der Waals surface area contributed by atoms with Crippen LogP contribution in [0.5, 0.6) is 11.5 Å². The summed E-state index contributed by atoms with van der Waals surface area (Å²) in [5, 5.41) is 14.5. The number of esters is 2. The Labute approximate surface area is 267 Å². The van der Waals surface area contributed by atoms with Crippen molar-refractivity contribution in [3.8, 4) is 11.5 Å². The highest BCUT2D eigenvalue weighted by atomic mass is 35.5. The van der Waals surface area contributed by atoms with Gasteiger partial charge in [-0.1, -0.05) is 90.5 Å². The Morgan fingerprint density at radius 3 is 1.89 bits per heavy atom. The molecule has 0 saturated carbocycles. The average molecular weight is 630 g/mol. The first-order chi connectivity index (χ1) is 21.6. The van der Waals surface area contributed by atoms with Gasteiger partial charge >= 0.3 is 17.7 Å². The monoisotopic (exact) mass is 629 g/mol. The van der Waals surface area contributed by atoms with Crippen LogP contribution in [0, 0.1) is 0 Å². The van der Waals surface area contributed by atoms with Gasteiger partial charge in [0, 0.05) is 17.6 Å². The number of ether oxygens (including phenoxy) is 4. The minimum absolute atomic E-state index is 0.0302. The average Bonchev–Trinajstić information content (AvgIpc) is 3.45. The van der Waals surface area contributed by atoms with Crippen LogP contribution in [0.4, 0.5) is 0 Å². The molecule has 5 rings (SSSR count). The lowest BCUT2D eigenvalue weighted by Gasteiger charge is -2.26. The number of carbonyl (C=O) groups excluding carboxylic acids is 2. The molecule has 4 atom stereocenters. The van der Waals surface area contributed by atoms with Gasteiger partial charge in [0.1, 0.15) is 12.2 Å². The van der Waals surface area contributed by atoms with E-state index >= 15 is 0 Å². The summed E-state index contributed by atoms with van der Waals surface area (Å²) in [5.41, 5.74) is 3.07. The van der Waals surface area contributed by atoms with Gasteiger partial charge in [0.15, 0.2) is 11.5 Å². The topological polar surface area (TPSA) is 103 Å². The first-order valence-corrected chi connectivity index (χ1v) is 15.2. The first kappa shape index (κ1) is 32.0. The van der Waals surface area contributed by atoms with Crippen molar-refractivity contribution in [1.29, 1.82) is 0 Å². The van der Waals surface area contributed by atoms with Crippen molar-refractivity contribution in [1.82, 2.24) is 5.32 Å². The normalized spacial score (nSPS) is 18.0. The lowest BCUT2D eigenvalue weighted by Crippen LogP contribution is -2.56. The number of fused-ring (bicyclic) bond motifs is 1. The van der Waals surface area contributed by atoms with E-state index in [4.69, 9.17) is 30.5 Å². The molecule has 8 nitrogen and oxygen atoms in total. The third-order valence-corrected chi connectivity index (χ3v) is 7.83. The van der Waals surface area contributed by atoms with Crippen LogP contribution in [-0.4, -0.2) is 35.4 Å². The highest BCUT2D eigenvalue weighted by Gasteiger charge is 2.60. The van der Waals surface area contributed by atoms with E-state index in [1.165, 1.54) is 0 Å². The van der Waals surface area contributed by atoms with Gasteiger partial charge in [0.2, 0.25) is 0 Å². The maximum atomic E-state index is 13.7. The number of halogens is 1. The van der Waals surface area contributed by atoms with Crippen LogP contribution in [0.1, 0.15) is 61.3 Å². The van der Waals surface area contributed by atoms with Crippen molar-refractivity contribution in [2.24, 2.45) is 0 Å². The molecule has 4 aromatic rings. The van der Waals surface area contributed by atoms with Crippen molar-refractivity contribution < 1.29 is 33.6 Å². The molecular formula is C36H36ClNO7. The number of hydrogen-bond donors (Lipinski definition) is 2. The van der Waals surface area contributed by atoms with Crippen molar-refractivity contribution in [3.05, 3.63) is 130 Å². The highest BCUT2D eigenvalue weighted by Crippen LogP contribution is 2.42. The fourth-order valence-electron chi connectivity index (χ4n) is 5.05. The van der Waals surface area contributed by atoms with E-state index in [0.29, 0.717) is 18.0 Å². The Morgan fingerprint density at radius 1 is 0.756 bits per heavy atom. The summed E-state index contributed by atoms with van der Waals surface area (Å²) in [6.07, 6.45) is -1.53. The predicted molar refractivity (Wildman–Crippen MR) is 170 cm³/mol. The molecule has 0 fully saturated rings. The van der Waals surface area contributed by atoms with Crippen LogP contribution in [0.25, 0.3) is 0 Å². The number of benzene rings is 4. The zero-order chi connectivity index (χ0) is 32.0. The van der Waals surface area contributed by atoms with E-state index < -0.39 is 36.0 Å². The van der Waals surface area contributed by atoms with Crippen molar-refractivity contribution in [2.45, 2.75) is 57.3 Å². The van der Waals surface area contributed by atoms with Crippen LogP contribution < -0.4 is 14.8 Å². The van der Waals surface area contributed by atoms with E-state index in [1.807, 2.05) is 79.7 Å². The largest absolute Gasteiger partial charge is 0.453 e. The zero-order valence-corrected chi connectivity index (χ0v) is 26.1. The molecule has 2 N–H and O–H groups in total. The standard InChI is InChI=1S/C36H36ClNO7/c1-23(38-22-31(39)29-15-10-16-30(37)21-29)19-26-17-18-32-33(20-26)45-36(44-32,34(40)42-24(2)27-11-6-4-7-12-27)35(41)43-25(3)28-13-8-5-9-14-28/h4-18,20-21,23-25,31,38-39H,19,22H2,1-3H3/t23-,24?,25?,31+,36?/m1/s1. The van der Waals surface area contributed by atoms with Crippen molar-refractivity contribution in [2.75, 3.05) is 6.54 Å². The summed E-state index contributed by atoms with van der Waals surface area (Å²) in [5.74, 6) is -4.10. The predicted octanol–water partition coefficient (Wildman–Crippen LogP) is 6.67. The smallest absolute Gasteiger partial charge is 0.452 e. The third-order valence-electron chi connectivity index (χ3n) is 7.59. The molecule has 9 heteroatoms. The number of nitrogens with one attached hydrogen (secondary N) is 1. The molecule has 4 aromatic carbocycles. The minimum atomic E-state index is -2.49. The Bertz CT molecular complexity index is 1560. The third kappa shape index (κ3) is 7.65. The SMILES string of the molecule is CC(OC(=O)C1(C(=O)OC(C)c2ccccc2)Oc2ccc(C[C@@H](C)NC[C@H](O)c3cccc(Cl)c3)cc2O1)c1ccccc1. The Morgan fingerprint density at radius 2 is 1.31 bits per heavy atom. The maximum absolute atomic E-state index is 13.7. The fourth-order valence-corrected chi connectivity index (χ4v) is 5.25. The van der Waals surface area contributed by atoms with E-state index in [1.54, 1.807) is 44.2 Å². The summed E-state index contributed by atoms with van der Waals surface area (Å²) in [4.78, 5) is 27.4. The molecule has 1 aliphatic heterocycles.